The normalized spacial score (nSPS) is 12.3. The second kappa shape index (κ2) is 3.35. The summed E-state index contributed by atoms with van der Waals surface area (Å²) < 4.78 is 4.59. The average molecular weight is 235 g/mol. The minimum absolute atomic E-state index is 0.111. The Balaban J connectivity index is 2.97. The first-order chi connectivity index (χ1) is 7.73. The molecule has 0 radical (unpaired) electrons. The van der Waals surface area contributed by atoms with E-state index in [0.717, 1.165) is 4.57 Å². The van der Waals surface area contributed by atoms with E-state index in [-0.39, 0.29) is 16.8 Å². The van der Waals surface area contributed by atoms with Gasteiger partial charge in [-0.2, -0.15) is 0 Å². The average Bonchev–Trinajstić information content (AvgIpc) is 2.67. The molecule has 0 unspecified atom stereocenters. The van der Waals surface area contributed by atoms with Crippen molar-refractivity contribution < 1.29 is 0 Å². The zero-order chi connectivity index (χ0) is 13.0. The fraction of sp³-hybridized carbons (Fsp3) is 0.500. The van der Waals surface area contributed by atoms with E-state index in [1.807, 2.05) is 10.8 Å². The SMILES string of the molecule is Cn1c(=O)c2cn(C(C)(C)C)cc2n(C)c1=O. The molecule has 2 rings (SSSR count). The Morgan fingerprint density at radius 3 is 2.12 bits per heavy atom. The summed E-state index contributed by atoms with van der Waals surface area (Å²) in [6, 6.07) is 0. The van der Waals surface area contributed by atoms with E-state index in [0.29, 0.717) is 10.9 Å². The van der Waals surface area contributed by atoms with E-state index in [2.05, 4.69) is 20.8 Å². The van der Waals surface area contributed by atoms with E-state index < -0.39 is 0 Å². The summed E-state index contributed by atoms with van der Waals surface area (Å²) >= 11 is 0. The van der Waals surface area contributed by atoms with Crippen molar-refractivity contribution in [2.45, 2.75) is 26.3 Å². The molecule has 0 N–H and O–H groups in total. The Morgan fingerprint density at radius 2 is 1.59 bits per heavy atom. The number of aryl methyl sites for hydroxylation is 1. The number of aromatic nitrogens is 3. The number of fused-ring (bicyclic) bond motifs is 1. The number of nitrogens with zero attached hydrogens (tertiary/aromatic N) is 3. The predicted octanol–water partition coefficient (Wildman–Crippen LogP) is 0.794. The molecule has 0 saturated heterocycles. The molecule has 0 bridgehead atoms. The molecule has 0 amide bonds. The van der Waals surface area contributed by atoms with Gasteiger partial charge in [-0.05, 0) is 20.8 Å². The van der Waals surface area contributed by atoms with Crippen molar-refractivity contribution in [3.8, 4) is 0 Å². The molecule has 2 heterocycles. The van der Waals surface area contributed by atoms with Crippen molar-refractivity contribution in [1.82, 2.24) is 13.7 Å². The maximum absolute atomic E-state index is 12.0. The van der Waals surface area contributed by atoms with Crippen LogP contribution in [0.3, 0.4) is 0 Å². The molecule has 2 aromatic heterocycles. The summed E-state index contributed by atoms with van der Waals surface area (Å²) in [6.07, 6.45) is 3.65. The van der Waals surface area contributed by atoms with Gasteiger partial charge in [-0.3, -0.25) is 13.9 Å². The van der Waals surface area contributed by atoms with Crippen LogP contribution in [0.4, 0.5) is 0 Å². The van der Waals surface area contributed by atoms with Gasteiger partial charge in [0.1, 0.15) is 0 Å². The highest BCUT2D eigenvalue weighted by Crippen LogP contribution is 2.18. The van der Waals surface area contributed by atoms with E-state index in [1.165, 1.54) is 11.6 Å². The monoisotopic (exact) mass is 235 g/mol. The Bertz CT molecular complexity index is 695. The molecule has 0 aliphatic carbocycles. The first kappa shape index (κ1) is 11.7. The van der Waals surface area contributed by atoms with Gasteiger partial charge in [0.2, 0.25) is 0 Å². The maximum atomic E-state index is 12.0. The largest absolute Gasteiger partial charge is 0.346 e. The van der Waals surface area contributed by atoms with Crippen molar-refractivity contribution in [2.24, 2.45) is 14.1 Å². The predicted molar refractivity (Wildman–Crippen MR) is 67.4 cm³/mol. The van der Waals surface area contributed by atoms with E-state index >= 15 is 0 Å². The minimum atomic E-state index is -0.297. The summed E-state index contributed by atoms with van der Waals surface area (Å²) in [5.41, 5.74) is 0.0216. The topological polar surface area (TPSA) is 48.9 Å². The van der Waals surface area contributed by atoms with Crippen molar-refractivity contribution >= 4 is 10.9 Å². The lowest BCUT2D eigenvalue weighted by Crippen LogP contribution is -2.36. The highest BCUT2D eigenvalue weighted by atomic mass is 16.2. The van der Waals surface area contributed by atoms with Gasteiger partial charge < -0.3 is 4.57 Å². The molecule has 0 aliphatic heterocycles. The first-order valence-corrected chi connectivity index (χ1v) is 5.51. The van der Waals surface area contributed by atoms with Crippen molar-refractivity contribution in [3.63, 3.8) is 0 Å². The molecule has 17 heavy (non-hydrogen) atoms. The smallest absolute Gasteiger partial charge is 0.330 e. The van der Waals surface area contributed by atoms with Crippen LogP contribution in [0.1, 0.15) is 20.8 Å². The van der Waals surface area contributed by atoms with Crippen LogP contribution in [0.2, 0.25) is 0 Å². The van der Waals surface area contributed by atoms with Crippen LogP contribution in [0.5, 0.6) is 0 Å². The van der Waals surface area contributed by atoms with E-state index in [4.69, 9.17) is 0 Å². The Labute approximate surface area is 98.9 Å². The van der Waals surface area contributed by atoms with Crippen LogP contribution < -0.4 is 11.2 Å². The van der Waals surface area contributed by atoms with Crippen molar-refractivity contribution in [3.05, 3.63) is 33.2 Å². The van der Waals surface area contributed by atoms with Gasteiger partial charge in [-0.25, -0.2) is 4.79 Å². The lowest BCUT2D eigenvalue weighted by atomic mass is 10.1. The highest BCUT2D eigenvalue weighted by molar-refractivity contribution is 5.77. The molecule has 5 heteroatoms. The summed E-state index contributed by atoms with van der Waals surface area (Å²) in [4.78, 5) is 23.8. The van der Waals surface area contributed by atoms with Gasteiger partial charge in [0.05, 0.1) is 10.9 Å². The van der Waals surface area contributed by atoms with Gasteiger partial charge in [0, 0.05) is 32.0 Å². The number of hydrogen-bond donors (Lipinski definition) is 0. The van der Waals surface area contributed by atoms with Gasteiger partial charge in [0.15, 0.2) is 0 Å². The van der Waals surface area contributed by atoms with Crippen LogP contribution in [-0.2, 0) is 19.6 Å². The molecule has 0 aromatic carbocycles. The quantitative estimate of drug-likeness (QED) is 0.678. The zero-order valence-electron chi connectivity index (χ0n) is 10.8. The van der Waals surface area contributed by atoms with Crippen molar-refractivity contribution in [1.29, 1.82) is 0 Å². The fourth-order valence-corrected chi connectivity index (χ4v) is 1.86. The molecule has 92 valence electrons. The highest BCUT2D eigenvalue weighted by Gasteiger charge is 2.17. The third-order valence-corrected chi connectivity index (χ3v) is 3.05. The molecule has 5 nitrogen and oxygen atoms in total. The van der Waals surface area contributed by atoms with Gasteiger partial charge >= 0.3 is 5.69 Å². The lowest BCUT2D eigenvalue weighted by Gasteiger charge is -2.20. The molecule has 0 aliphatic rings. The van der Waals surface area contributed by atoms with Gasteiger partial charge in [0.25, 0.3) is 5.56 Å². The maximum Gasteiger partial charge on any atom is 0.330 e. The molecular formula is C12H17N3O2. The standard InChI is InChI=1S/C12H17N3O2/c1-12(2,3)15-6-8-9(7-15)13(4)11(17)14(5)10(8)16/h6-7H,1-5H3. The first-order valence-electron chi connectivity index (χ1n) is 5.51. The van der Waals surface area contributed by atoms with Crippen molar-refractivity contribution in [2.75, 3.05) is 0 Å². The molecule has 0 atom stereocenters. The molecule has 0 spiro atoms. The summed E-state index contributed by atoms with van der Waals surface area (Å²) in [6.45, 7) is 6.15. The van der Waals surface area contributed by atoms with Crippen LogP contribution in [-0.4, -0.2) is 13.7 Å². The second-order valence-electron chi connectivity index (χ2n) is 5.34. The summed E-state index contributed by atoms with van der Waals surface area (Å²) in [7, 11) is 3.18. The zero-order valence-corrected chi connectivity index (χ0v) is 10.8. The van der Waals surface area contributed by atoms with Gasteiger partial charge in [-0.1, -0.05) is 0 Å². The van der Waals surface area contributed by atoms with Crippen LogP contribution in [0, 0.1) is 0 Å². The Kier molecular flexibility index (Phi) is 2.31. The minimum Gasteiger partial charge on any atom is -0.346 e. The third kappa shape index (κ3) is 1.62. The molecule has 0 fully saturated rings. The van der Waals surface area contributed by atoms with Crippen LogP contribution in [0.25, 0.3) is 10.9 Å². The number of rotatable bonds is 0. The molecular weight excluding hydrogens is 218 g/mol. The fourth-order valence-electron chi connectivity index (χ4n) is 1.86. The van der Waals surface area contributed by atoms with Crippen LogP contribution >= 0.6 is 0 Å². The Morgan fingerprint density at radius 1 is 1.00 bits per heavy atom. The van der Waals surface area contributed by atoms with E-state index in [9.17, 15) is 9.59 Å². The van der Waals surface area contributed by atoms with E-state index in [1.54, 1.807) is 13.2 Å². The molecule has 0 saturated carbocycles. The summed E-state index contributed by atoms with van der Waals surface area (Å²) in [5, 5.41) is 0.574. The lowest BCUT2D eigenvalue weighted by molar-refractivity contribution is 0.399. The Hall–Kier alpha value is -1.78. The number of hydrogen-bond acceptors (Lipinski definition) is 2. The third-order valence-electron chi connectivity index (χ3n) is 3.05. The summed E-state index contributed by atoms with van der Waals surface area (Å²) in [5.74, 6) is 0. The van der Waals surface area contributed by atoms with Gasteiger partial charge in [-0.15, -0.1) is 0 Å². The molecule has 2 aromatic rings. The second-order valence-corrected chi connectivity index (χ2v) is 5.34. The van der Waals surface area contributed by atoms with Crippen LogP contribution in [0.15, 0.2) is 22.0 Å².